The Morgan fingerprint density at radius 1 is 1.14 bits per heavy atom. The Morgan fingerprint density at radius 3 is 2.57 bits per heavy atom. The number of benzene rings is 1. The number of carbonyl (C=O) groups is 2. The lowest BCUT2D eigenvalue weighted by Gasteiger charge is -2.29. The number of piperidine rings is 1. The average molecular weight is 528 g/mol. The van der Waals surface area contributed by atoms with Crippen molar-refractivity contribution >= 4 is 29.1 Å². The fraction of sp³-hybridized carbons (Fsp3) is 0.308. The van der Waals surface area contributed by atoms with Gasteiger partial charge in [0, 0.05) is 46.7 Å². The summed E-state index contributed by atoms with van der Waals surface area (Å²) in [5.74, 6) is -0.533. The maximum Gasteiger partial charge on any atom is 0.487 e. The number of likely N-dealkylation sites (tertiary alicyclic amines) is 1. The van der Waals surface area contributed by atoms with Gasteiger partial charge in [0.2, 0.25) is 0 Å². The summed E-state index contributed by atoms with van der Waals surface area (Å²) in [5.41, 5.74) is 0.419. The van der Waals surface area contributed by atoms with Crippen LogP contribution >= 0.6 is 11.6 Å². The average Bonchev–Trinajstić information content (AvgIpc) is 3.24. The Hall–Kier alpha value is -3.63. The van der Waals surface area contributed by atoms with E-state index >= 15 is 0 Å². The van der Waals surface area contributed by atoms with Crippen molar-refractivity contribution in [1.82, 2.24) is 20.2 Å². The van der Waals surface area contributed by atoms with Crippen molar-refractivity contribution in [3.8, 4) is 16.9 Å². The molecule has 2 aliphatic rings. The summed E-state index contributed by atoms with van der Waals surface area (Å²) in [6.45, 7) is 2.27. The topological polar surface area (TPSA) is 96.5 Å². The van der Waals surface area contributed by atoms with Gasteiger partial charge in [-0.25, -0.2) is 0 Å². The second kappa shape index (κ2) is 10.0. The molecule has 2 N–H and O–H groups in total. The van der Waals surface area contributed by atoms with Gasteiger partial charge in [-0.15, -0.1) is 8.78 Å². The number of hydrogen-bond donors (Lipinski definition) is 2. The molecule has 0 aliphatic carbocycles. The third kappa shape index (κ3) is 5.70. The van der Waals surface area contributed by atoms with Crippen LogP contribution in [0.4, 0.5) is 14.5 Å². The van der Waals surface area contributed by atoms with Crippen molar-refractivity contribution in [2.45, 2.75) is 30.9 Å². The highest BCUT2D eigenvalue weighted by Gasteiger charge is 2.28. The van der Waals surface area contributed by atoms with Crippen molar-refractivity contribution in [2.24, 2.45) is 0 Å². The summed E-state index contributed by atoms with van der Waals surface area (Å²) in [4.78, 5) is 36.8. The highest BCUT2D eigenvalue weighted by atomic mass is 35.5. The first kappa shape index (κ1) is 25.0. The summed E-state index contributed by atoms with van der Waals surface area (Å²) >= 11 is 4.79. The van der Waals surface area contributed by atoms with Gasteiger partial charge in [-0.1, -0.05) is 0 Å². The van der Waals surface area contributed by atoms with Gasteiger partial charge in [0.1, 0.15) is 5.75 Å². The molecule has 2 amide bonds. The van der Waals surface area contributed by atoms with E-state index in [1.165, 1.54) is 30.5 Å². The largest absolute Gasteiger partial charge is 0.487 e. The van der Waals surface area contributed by atoms with Crippen molar-refractivity contribution in [3.63, 3.8) is 0 Å². The lowest BCUT2D eigenvalue weighted by molar-refractivity contribution is -0.0964. The molecular weight excluding hydrogens is 504 g/mol. The van der Waals surface area contributed by atoms with E-state index in [1.807, 2.05) is 0 Å². The molecule has 8 nitrogen and oxygen atoms in total. The summed E-state index contributed by atoms with van der Waals surface area (Å²) in [7, 11) is 2.08. The number of amides is 2. The molecule has 1 saturated heterocycles. The smallest absolute Gasteiger partial charge is 0.420 e. The van der Waals surface area contributed by atoms with Gasteiger partial charge in [-0.2, -0.15) is 0 Å². The standard InChI is InChI=1S/C26H24ClF2N5O3/c1-34-8-6-15(7-9-34)23-20(16-10-21-22(30-12-16)14-32-25(21)36)11-17(13-31-23)24(35)33-18-2-4-19(5-3-18)37-26(27,28)29/h2-5,10-13,15H,6-9,14H2,1H3,(H,32,36)(H,33,35). The fourth-order valence-corrected chi connectivity index (χ4v) is 4.71. The zero-order valence-corrected chi connectivity index (χ0v) is 20.7. The predicted octanol–water partition coefficient (Wildman–Crippen LogP) is 4.62. The van der Waals surface area contributed by atoms with Gasteiger partial charge in [0.05, 0.1) is 29.1 Å². The van der Waals surface area contributed by atoms with Crippen LogP contribution in [0, 0.1) is 0 Å². The van der Waals surface area contributed by atoms with Crippen LogP contribution in [0.5, 0.6) is 5.75 Å². The third-order valence-corrected chi connectivity index (χ3v) is 6.65. The number of aromatic nitrogens is 2. The molecule has 4 heterocycles. The van der Waals surface area contributed by atoms with Gasteiger partial charge in [0.15, 0.2) is 0 Å². The van der Waals surface area contributed by atoms with Crippen LogP contribution in [-0.2, 0) is 6.54 Å². The van der Waals surface area contributed by atoms with E-state index in [4.69, 9.17) is 16.6 Å². The Balaban J connectivity index is 1.44. The normalized spacial score (nSPS) is 16.3. The Morgan fingerprint density at radius 2 is 1.86 bits per heavy atom. The molecule has 5 rings (SSSR count). The molecule has 0 spiro atoms. The molecule has 192 valence electrons. The first-order valence-corrected chi connectivity index (χ1v) is 12.2. The molecule has 2 aromatic heterocycles. The van der Waals surface area contributed by atoms with Crippen LogP contribution in [0.15, 0.2) is 48.8 Å². The van der Waals surface area contributed by atoms with Gasteiger partial charge in [0.25, 0.3) is 11.8 Å². The first-order valence-electron chi connectivity index (χ1n) is 11.8. The number of ether oxygens (including phenoxy) is 1. The summed E-state index contributed by atoms with van der Waals surface area (Å²) in [6, 6.07) is 8.98. The summed E-state index contributed by atoms with van der Waals surface area (Å²) < 4.78 is 30.0. The van der Waals surface area contributed by atoms with Crippen LogP contribution in [0.1, 0.15) is 50.9 Å². The highest BCUT2D eigenvalue weighted by Crippen LogP contribution is 2.35. The number of hydrogen-bond acceptors (Lipinski definition) is 6. The summed E-state index contributed by atoms with van der Waals surface area (Å²) in [6.07, 6.45) is 5.10. The second-order valence-electron chi connectivity index (χ2n) is 9.16. The minimum atomic E-state index is -3.82. The Bertz CT molecular complexity index is 1340. The van der Waals surface area contributed by atoms with Crippen LogP contribution in [0.3, 0.4) is 0 Å². The van der Waals surface area contributed by atoms with E-state index < -0.39 is 11.5 Å². The number of anilines is 1. The van der Waals surface area contributed by atoms with Gasteiger partial charge >= 0.3 is 5.57 Å². The lowest BCUT2D eigenvalue weighted by Crippen LogP contribution is -2.29. The number of carbonyl (C=O) groups excluding carboxylic acids is 2. The molecule has 0 atom stereocenters. The SMILES string of the molecule is CN1CCC(c2ncc(C(=O)Nc3ccc(OC(F)(F)Cl)cc3)cc2-c2cnc3c(c2)C(=O)NC3)CC1. The number of halogens is 3. The minimum absolute atomic E-state index is 0.141. The van der Waals surface area contributed by atoms with Gasteiger partial charge < -0.3 is 20.3 Å². The van der Waals surface area contributed by atoms with E-state index in [0.717, 1.165) is 42.8 Å². The first-order chi connectivity index (χ1) is 17.7. The van der Waals surface area contributed by atoms with Crippen LogP contribution < -0.4 is 15.4 Å². The van der Waals surface area contributed by atoms with Gasteiger partial charge in [-0.05, 0) is 69.4 Å². The van der Waals surface area contributed by atoms with Crippen LogP contribution in [0.25, 0.3) is 11.1 Å². The fourth-order valence-electron chi connectivity index (χ4n) is 4.62. The molecule has 2 aliphatic heterocycles. The van der Waals surface area contributed by atoms with E-state index in [9.17, 15) is 18.4 Å². The Kier molecular flexibility index (Phi) is 6.78. The molecule has 0 radical (unpaired) electrons. The van der Waals surface area contributed by atoms with E-state index in [-0.39, 0.29) is 17.6 Å². The molecule has 0 saturated carbocycles. The van der Waals surface area contributed by atoms with Crippen molar-refractivity contribution < 1.29 is 23.1 Å². The number of rotatable bonds is 6. The van der Waals surface area contributed by atoms with E-state index in [2.05, 4.69) is 32.3 Å². The molecule has 3 aromatic rings. The summed E-state index contributed by atoms with van der Waals surface area (Å²) in [5, 5.41) is 5.51. The molecule has 0 unspecified atom stereocenters. The zero-order chi connectivity index (χ0) is 26.2. The number of nitrogens with one attached hydrogen (secondary N) is 2. The van der Waals surface area contributed by atoms with E-state index in [0.29, 0.717) is 29.1 Å². The molecule has 11 heteroatoms. The molecule has 0 bridgehead atoms. The van der Waals surface area contributed by atoms with Crippen molar-refractivity contribution in [3.05, 3.63) is 71.3 Å². The Labute approximate surface area is 217 Å². The maximum absolute atomic E-state index is 13.1. The minimum Gasteiger partial charge on any atom is -0.420 e. The zero-order valence-electron chi connectivity index (χ0n) is 19.9. The number of alkyl halides is 3. The number of nitrogens with zero attached hydrogens (tertiary/aromatic N) is 3. The molecular formula is C26H24ClF2N5O3. The van der Waals surface area contributed by atoms with Crippen molar-refractivity contribution in [1.29, 1.82) is 0 Å². The maximum atomic E-state index is 13.1. The molecule has 1 fully saturated rings. The van der Waals surface area contributed by atoms with Crippen LogP contribution in [-0.4, -0.2) is 52.4 Å². The quantitative estimate of drug-likeness (QED) is 0.454. The third-order valence-electron chi connectivity index (χ3n) is 6.57. The monoisotopic (exact) mass is 527 g/mol. The number of pyridine rings is 2. The number of fused-ring (bicyclic) bond motifs is 1. The van der Waals surface area contributed by atoms with Crippen LogP contribution in [0.2, 0.25) is 0 Å². The van der Waals surface area contributed by atoms with Gasteiger partial charge in [-0.3, -0.25) is 19.6 Å². The molecule has 37 heavy (non-hydrogen) atoms. The predicted molar refractivity (Wildman–Crippen MR) is 134 cm³/mol. The second-order valence-corrected chi connectivity index (χ2v) is 9.60. The molecule has 1 aromatic carbocycles. The highest BCUT2D eigenvalue weighted by molar-refractivity contribution is 6.20. The lowest BCUT2D eigenvalue weighted by atomic mass is 9.88. The van der Waals surface area contributed by atoms with Crippen molar-refractivity contribution in [2.75, 3.05) is 25.5 Å². The van der Waals surface area contributed by atoms with E-state index in [1.54, 1.807) is 18.3 Å².